The predicted octanol–water partition coefficient (Wildman–Crippen LogP) is 3.60. The fourth-order valence-corrected chi connectivity index (χ4v) is 2.33. The first-order valence-corrected chi connectivity index (χ1v) is 7.52. The Labute approximate surface area is 127 Å². The van der Waals surface area contributed by atoms with E-state index in [1.807, 2.05) is 12.1 Å². The van der Waals surface area contributed by atoms with Gasteiger partial charge in [0.25, 0.3) is 5.91 Å². The Morgan fingerprint density at radius 3 is 2.58 bits per heavy atom. The molecule has 0 saturated carbocycles. The lowest BCUT2D eigenvalue weighted by atomic mass is 10.1. The number of amides is 1. The lowest BCUT2D eigenvalue weighted by Gasteiger charge is -2.20. The van der Waals surface area contributed by atoms with Gasteiger partial charge in [-0.2, -0.15) is 0 Å². The Bertz CT molecular complexity index is 397. The summed E-state index contributed by atoms with van der Waals surface area (Å²) in [4.78, 5) is 11.9. The molecule has 1 rings (SSSR count). The average molecular weight is 349 g/mol. The van der Waals surface area contributed by atoms with Crippen LogP contribution in [0.3, 0.4) is 0 Å². The van der Waals surface area contributed by atoms with Gasteiger partial charge in [0.15, 0.2) is 0 Å². The number of ether oxygens (including phenoxy) is 1. The number of benzene rings is 1. The van der Waals surface area contributed by atoms with Crippen LogP contribution < -0.4 is 5.32 Å². The molecule has 5 heteroatoms. The van der Waals surface area contributed by atoms with Crippen molar-refractivity contribution in [3.63, 3.8) is 0 Å². The summed E-state index contributed by atoms with van der Waals surface area (Å²) in [6.45, 7) is 2.48. The van der Waals surface area contributed by atoms with Crippen LogP contribution in [0.25, 0.3) is 0 Å². The summed E-state index contributed by atoms with van der Waals surface area (Å²) >= 11 is 9.57. The molecule has 3 nitrogen and oxygen atoms in total. The highest BCUT2D eigenvalue weighted by Gasteiger charge is 2.18. The Morgan fingerprint density at radius 2 is 2.05 bits per heavy atom. The zero-order valence-electron chi connectivity index (χ0n) is 11.2. The largest absolute Gasteiger partial charge is 0.380 e. The molecular formula is C14H19BrClNO2. The molecule has 0 fully saturated rings. The van der Waals surface area contributed by atoms with Crippen LogP contribution >= 0.6 is 27.5 Å². The highest BCUT2D eigenvalue weighted by molar-refractivity contribution is 9.10. The Kier molecular flexibility index (Phi) is 7.42. The van der Waals surface area contributed by atoms with Crippen molar-refractivity contribution >= 4 is 33.4 Å². The van der Waals surface area contributed by atoms with E-state index >= 15 is 0 Å². The van der Waals surface area contributed by atoms with Crippen LogP contribution in [0.5, 0.6) is 0 Å². The van der Waals surface area contributed by atoms with E-state index in [0.717, 1.165) is 17.3 Å². The fourth-order valence-electron chi connectivity index (χ4n) is 1.76. The maximum absolute atomic E-state index is 11.9. The summed E-state index contributed by atoms with van der Waals surface area (Å²) in [6.07, 6.45) is 1.86. The van der Waals surface area contributed by atoms with Gasteiger partial charge in [0.1, 0.15) is 0 Å². The minimum atomic E-state index is -0.218. The minimum Gasteiger partial charge on any atom is -0.380 e. The van der Waals surface area contributed by atoms with E-state index in [-0.39, 0.29) is 17.4 Å². The lowest BCUT2D eigenvalue weighted by Crippen LogP contribution is -2.36. The molecule has 1 aromatic rings. The van der Waals surface area contributed by atoms with Crippen LogP contribution in [0.2, 0.25) is 0 Å². The molecule has 0 radical (unpaired) electrons. The van der Waals surface area contributed by atoms with E-state index in [9.17, 15) is 4.79 Å². The highest BCUT2D eigenvalue weighted by Crippen LogP contribution is 2.13. The van der Waals surface area contributed by atoms with Gasteiger partial charge in [0, 0.05) is 23.7 Å². The van der Waals surface area contributed by atoms with E-state index in [2.05, 4.69) is 28.2 Å². The first-order valence-electron chi connectivity index (χ1n) is 6.29. The summed E-state index contributed by atoms with van der Waals surface area (Å²) in [5, 5.41) is 2.61. The van der Waals surface area contributed by atoms with Crippen LogP contribution in [0.4, 0.5) is 0 Å². The zero-order valence-corrected chi connectivity index (χ0v) is 13.5. The first-order chi connectivity index (χ1) is 9.08. The predicted molar refractivity (Wildman–Crippen MR) is 81.8 cm³/mol. The molecule has 19 heavy (non-hydrogen) atoms. The standard InChI is InChI=1S/C14H19BrClNO2/c1-3-4-13(19-2)12(16)9-17-14(18)10-5-7-11(15)8-6-10/h5-8,12-13H,3-4,9H2,1-2H3,(H,17,18)/t12-,13+/m1/s1. The number of rotatable bonds is 7. The van der Waals surface area contributed by atoms with Gasteiger partial charge in [-0.25, -0.2) is 0 Å². The van der Waals surface area contributed by atoms with E-state index < -0.39 is 0 Å². The molecule has 0 saturated heterocycles. The zero-order chi connectivity index (χ0) is 14.3. The number of hydrogen-bond acceptors (Lipinski definition) is 2. The third-order valence-corrected chi connectivity index (χ3v) is 3.81. The molecule has 0 spiro atoms. The van der Waals surface area contributed by atoms with Crippen molar-refractivity contribution in [2.75, 3.05) is 13.7 Å². The normalized spacial score (nSPS) is 13.9. The highest BCUT2D eigenvalue weighted by atomic mass is 79.9. The van der Waals surface area contributed by atoms with Gasteiger partial charge in [-0.1, -0.05) is 29.3 Å². The molecule has 0 bridgehead atoms. The molecule has 1 aromatic carbocycles. The smallest absolute Gasteiger partial charge is 0.251 e. The monoisotopic (exact) mass is 347 g/mol. The van der Waals surface area contributed by atoms with Gasteiger partial charge in [-0.15, -0.1) is 11.6 Å². The van der Waals surface area contributed by atoms with Crippen molar-refractivity contribution in [3.05, 3.63) is 34.3 Å². The second kappa shape index (κ2) is 8.56. The summed E-state index contributed by atoms with van der Waals surface area (Å²) in [5.41, 5.74) is 0.622. The van der Waals surface area contributed by atoms with Crippen LogP contribution in [0.15, 0.2) is 28.7 Å². The number of carbonyl (C=O) groups is 1. The number of halogens is 2. The van der Waals surface area contributed by atoms with Crippen molar-refractivity contribution in [3.8, 4) is 0 Å². The molecule has 2 atom stereocenters. The lowest BCUT2D eigenvalue weighted by molar-refractivity contribution is 0.0849. The second-order valence-electron chi connectivity index (χ2n) is 4.30. The van der Waals surface area contributed by atoms with E-state index in [0.29, 0.717) is 12.1 Å². The molecule has 106 valence electrons. The van der Waals surface area contributed by atoms with Gasteiger partial charge in [0.05, 0.1) is 11.5 Å². The third-order valence-electron chi connectivity index (χ3n) is 2.84. The Hall–Kier alpha value is -0.580. The quantitative estimate of drug-likeness (QED) is 0.765. The number of alkyl halides is 1. The van der Waals surface area contributed by atoms with Crippen LogP contribution in [0.1, 0.15) is 30.1 Å². The Balaban J connectivity index is 2.47. The molecule has 0 aliphatic heterocycles. The molecule has 0 aliphatic carbocycles. The van der Waals surface area contributed by atoms with Gasteiger partial charge in [0.2, 0.25) is 0 Å². The third kappa shape index (κ3) is 5.51. The average Bonchev–Trinajstić information content (AvgIpc) is 2.42. The van der Waals surface area contributed by atoms with Crippen molar-refractivity contribution < 1.29 is 9.53 Å². The molecule has 0 heterocycles. The van der Waals surface area contributed by atoms with Gasteiger partial charge < -0.3 is 10.1 Å². The van der Waals surface area contributed by atoms with Crippen LogP contribution in [-0.2, 0) is 4.74 Å². The van der Waals surface area contributed by atoms with E-state index in [4.69, 9.17) is 16.3 Å². The summed E-state index contributed by atoms with van der Waals surface area (Å²) in [5.74, 6) is -0.121. The minimum absolute atomic E-state index is 0.0307. The maximum atomic E-state index is 11.9. The second-order valence-corrected chi connectivity index (χ2v) is 5.77. The molecule has 0 aliphatic rings. The molecular weight excluding hydrogens is 330 g/mol. The molecule has 0 unspecified atom stereocenters. The van der Waals surface area contributed by atoms with Gasteiger partial charge >= 0.3 is 0 Å². The fraction of sp³-hybridized carbons (Fsp3) is 0.500. The van der Waals surface area contributed by atoms with Crippen LogP contribution in [-0.4, -0.2) is 31.0 Å². The van der Waals surface area contributed by atoms with Crippen molar-refractivity contribution in [2.24, 2.45) is 0 Å². The topological polar surface area (TPSA) is 38.3 Å². The van der Waals surface area contributed by atoms with Crippen molar-refractivity contribution in [2.45, 2.75) is 31.2 Å². The SMILES string of the molecule is CCC[C@H](OC)[C@H](Cl)CNC(=O)c1ccc(Br)cc1. The number of hydrogen-bond donors (Lipinski definition) is 1. The summed E-state index contributed by atoms with van der Waals surface area (Å²) < 4.78 is 6.26. The number of carbonyl (C=O) groups excluding carboxylic acids is 1. The summed E-state index contributed by atoms with van der Waals surface area (Å²) in [6, 6.07) is 7.20. The van der Waals surface area contributed by atoms with Crippen molar-refractivity contribution in [1.29, 1.82) is 0 Å². The Morgan fingerprint density at radius 1 is 1.42 bits per heavy atom. The maximum Gasteiger partial charge on any atom is 0.251 e. The summed E-state index contributed by atoms with van der Waals surface area (Å²) in [7, 11) is 1.65. The van der Waals surface area contributed by atoms with E-state index in [1.54, 1.807) is 19.2 Å². The molecule has 1 amide bonds. The van der Waals surface area contributed by atoms with Gasteiger partial charge in [-0.3, -0.25) is 4.79 Å². The number of nitrogens with one attached hydrogen (secondary N) is 1. The van der Waals surface area contributed by atoms with Gasteiger partial charge in [-0.05, 0) is 30.7 Å². The van der Waals surface area contributed by atoms with E-state index in [1.165, 1.54) is 0 Å². The van der Waals surface area contributed by atoms with Crippen molar-refractivity contribution in [1.82, 2.24) is 5.32 Å². The molecule has 0 aromatic heterocycles. The first kappa shape index (κ1) is 16.5. The molecule has 1 N–H and O–H groups in total. The number of methoxy groups -OCH3 is 1. The van der Waals surface area contributed by atoms with Crippen LogP contribution in [0, 0.1) is 0 Å².